The van der Waals surface area contributed by atoms with Crippen molar-refractivity contribution >= 4 is 34.6 Å². The smallest absolute Gasteiger partial charge is 0.0783 e. The van der Waals surface area contributed by atoms with E-state index in [1.807, 2.05) is 7.05 Å². The number of pyridine rings is 1. The van der Waals surface area contributed by atoms with E-state index < -0.39 is 0 Å². The van der Waals surface area contributed by atoms with Gasteiger partial charge in [-0.05, 0) is 30.3 Å². The van der Waals surface area contributed by atoms with Gasteiger partial charge in [-0.3, -0.25) is 4.98 Å². The van der Waals surface area contributed by atoms with Gasteiger partial charge in [0.15, 0.2) is 0 Å². The summed E-state index contributed by atoms with van der Waals surface area (Å²) in [6.07, 6.45) is 1.62. The average Bonchev–Trinajstić information content (AvgIpc) is 2.58. The SMILES string of the molecule is CN(Cc1ncc(Cl)cc1Cl)c1ccc(N2CCOCC2)cc1. The van der Waals surface area contributed by atoms with Crippen LogP contribution in [0, 0.1) is 0 Å². The van der Waals surface area contributed by atoms with Gasteiger partial charge in [0.2, 0.25) is 0 Å². The van der Waals surface area contributed by atoms with Gasteiger partial charge in [0.25, 0.3) is 0 Å². The van der Waals surface area contributed by atoms with Gasteiger partial charge in [-0.1, -0.05) is 23.2 Å². The molecule has 1 aromatic carbocycles. The summed E-state index contributed by atoms with van der Waals surface area (Å²) in [5.41, 5.74) is 3.17. The Labute approximate surface area is 146 Å². The van der Waals surface area contributed by atoms with Crippen molar-refractivity contribution in [1.29, 1.82) is 0 Å². The number of anilines is 2. The van der Waals surface area contributed by atoms with E-state index in [-0.39, 0.29) is 0 Å². The number of halogens is 2. The lowest BCUT2D eigenvalue weighted by Gasteiger charge is -2.29. The van der Waals surface area contributed by atoms with Gasteiger partial charge in [-0.2, -0.15) is 0 Å². The molecule has 0 unspecified atom stereocenters. The second-order valence-electron chi connectivity index (χ2n) is 5.55. The minimum Gasteiger partial charge on any atom is -0.378 e. The van der Waals surface area contributed by atoms with E-state index in [2.05, 4.69) is 39.0 Å². The zero-order valence-electron chi connectivity index (χ0n) is 13.0. The lowest BCUT2D eigenvalue weighted by atomic mass is 10.2. The molecule has 0 amide bonds. The first-order valence-electron chi connectivity index (χ1n) is 7.57. The number of morpholine rings is 1. The van der Waals surface area contributed by atoms with Crippen LogP contribution < -0.4 is 9.80 Å². The molecule has 0 N–H and O–H groups in total. The fourth-order valence-electron chi connectivity index (χ4n) is 2.61. The molecule has 1 saturated heterocycles. The molecule has 23 heavy (non-hydrogen) atoms. The van der Waals surface area contributed by atoms with Crippen LogP contribution in [0.25, 0.3) is 0 Å². The quantitative estimate of drug-likeness (QED) is 0.836. The van der Waals surface area contributed by atoms with E-state index >= 15 is 0 Å². The van der Waals surface area contributed by atoms with Crippen LogP contribution in [0.3, 0.4) is 0 Å². The van der Waals surface area contributed by atoms with E-state index in [1.165, 1.54) is 5.69 Å². The highest BCUT2D eigenvalue weighted by Gasteiger charge is 2.12. The number of aromatic nitrogens is 1. The second-order valence-corrected chi connectivity index (χ2v) is 6.40. The molecule has 6 heteroatoms. The summed E-state index contributed by atoms with van der Waals surface area (Å²) in [6, 6.07) is 10.3. The molecule has 0 radical (unpaired) electrons. The molecule has 1 aromatic heterocycles. The second kappa shape index (κ2) is 7.39. The maximum atomic E-state index is 6.20. The monoisotopic (exact) mass is 351 g/mol. The van der Waals surface area contributed by atoms with Gasteiger partial charge in [0.1, 0.15) is 0 Å². The van der Waals surface area contributed by atoms with Gasteiger partial charge in [0.05, 0.1) is 35.5 Å². The lowest BCUT2D eigenvalue weighted by Crippen LogP contribution is -2.36. The normalized spacial score (nSPS) is 14.8. The van der Waals surface area contributed by atoms with Crippen LogP contribution in [0.4, 0.5) is 11.4 Å². The fraction of sp³-hybridized carbons (Fsp3) is 0.353. The fourth-order valence-corrected chi connectivity index (χ4v) is 3.05. The van der Waals surface area contributed by atoms with Crippen molar-refractivity contribution in [3.05, 3.63) is 52.3 Å². The summed E-state index contributed by atoms with van der Waals surface area (Å²) in [7, 11) is 2.02. The molecule has 1 fully saturated rings. The van der Waals surface area contributed by atoms with Gasteiger partial charge in [-0.15, -0.1) is 0 Å². The molecule has 4 nitrogen and oxygen atoms in total. The van der Waals surface area contributed by atoms with Crippen LogP contribution in [-0.4, -0.2) is 38.3 Å². The first-order valence-corrected chi connectivity index (χ1v) is 8.33. The Balaban J connectivity index is 1.68. The summed E-state index contributed by atoms with van der Waals surface area (Å²) >= 11 is 12.1. The van der Waals surface area contributed by atoms with Crippen molar-refractivity contribution in [2.75, 3.05) is 43.2 Å². The lowest BCUT2D eigenvalue weighted by molar-refractivity contribution is 0.122. The van der Waals surface area contributed by atoms with Crippen LogP contribution in [0.1, 0.15) is 5.69 Å². The summed E-state index contributed by atoms with van der Waals surface area (Å²) in [5.74, 6) is 0. The number of ether oxygens (including phenoxy) is 1. The van der Waals surface area contributed by atoms with E-state index in [0.717, 1.165) is 37.7 Å². The summed E-state index contributed by atoms with van der Waals surface area (Å²) in [5, 5.41) is 1.14. The number of hydrogen-bond acceptors (Lipinski definition) is 4. The summed E-state index contributed by atoms with van der Waals surface area (Å²) < 4.78 is 5.39. The van der Waals surface area contributed by atoms with Crippen molar-refractivity contribution in [2.45, 2.75) is 6.54 Å². The molecule has 0 atom stereocenters. The predicted molar refractivity (Wildman–Crippen MR) is 95.8 cm³/mol. The largest absolute Gasteiger partial charge is 0.378 e. The molecule has 0 bridgehead atoms. The maximum Gasteiger partial charge on any atom is 0.0783 e. The van der Waals surface area contributed by atoms with Crippen LogP contribution in [-0.2, 0) is 11.3 Å². The van der Waals surface area contributed by atoms with E-state index in [9.17, 15) is 0 Å². The highest BCUT2D eigenvalue weighted by molar-refractivity contribution is 6.34. The Morgan fingerprint density at radius 2 is 1.87 bits per heavy atom. The Morgan fingerprint density at radius 1 is 1.17 bits per heavy atom. The van der Waals surface area contributed by atoms with Gasteiger partial charge in [-0.25, -0.2) is 0 Å². The molecule has 3 rings (SSSR count). The Kier molecular flexibility index (Phi) is 5.26. The van der Waals surface area contributed by atoms with Crippen LogP contribution >= 0.6 is 23.2 Å². The minimum absolute atomic E-state index is 0.552. The first-order chi connectivity index (χ1) is 11.1. The summed E-state index contributed by atoms with van der Waals surface area (Å²) in [6.45, 7) is 4.11. The zero-order chi connectivity index (χ0) is 16.2. The van der Waals surface area contributed by atoms with E-state index in [0.29, 0.717) is 16.6 Å². The van der Waals surface area contributed by atoms with Crippen molar-refractivity contribution in [1.82, 2.24) is 4.98 Å². The molecule has 2 aromatic rings. The van der Waals surface area contributed by atoms with Crippen molar-refractivity contribution in [3.63, 3.8) is 0 Å². The standard InChI is InChI=1S/C17H19Cl2N3O/c1-21(12-17-16(19)10-13(18)11-20-17)14-2-4-15(5-3-14)22-6-8-23-9-7-22/h2-5,10-11H,6-9,12H2,1H3. The van der Waals surface area contributed by atoms with E-state index in [1.54, 1.807) is 12.3 Å². The van der Waals surface area contributed by atoms with Gasteiger partial charge in [0, 0.05) is 37.7 Å². The third-order valence-electron chi connectivity index (χ3n) is 3.94. The molecule has 0 spiro atoms. The third-order valence-corrected chi connectivity index (χ3v) is 4.47. The third kappa shape index (κ3) is 4.08. The van der Waals surface area contributed by atoms with Gasteiger partial charge < -0.3 is 14.5 Å². The molecule has 0 saturated carbocycles. The Hall–Kier alpha value is -1.49. The van der Waals surface area contributed by atoms with Crippen LogP contribution in [0.15, 0.2) is 36.5 Å². The van der Waals surface area contributed by atoms with Gasteiger partial charge >= 0.3 is 0 Å². The number of hydrogen-bond donors (Lipinski definition) is 0. The highest BCUT2D eigenvalue weighted by atomic mass is 35.5. The molecule has 122 valence electrons. The molecule has 1 aliphatic rings. The van der Waals surface area contributed by atoms with Crippen molar-refractivity contribution in [2.24, 2.45) is 0 Å². The minimum atomic E-state index is 0.552. The average molecular weight is 352 g/mol. The number of rotatable bonds is 4. The highest BCUT2D eigenvalue weighted by Crippen LogP contribution is 2.24. The zero-order valence-corrected chi connectivity index (χ0v) is 14.5. The first kappa shape index (κ1) is 16.4. The van der Waals surface area contributed by atoms with Crippen LogP contribution in [0.5, 0.6) is 0 Å². The molecule has 0 aliphatic carbocycles. The predicted octanol–water partition coefficient (Wildman–Crippen LogP) is 3.86. The maximum absolute atomic E-state index is 6.20. The van der Waals surface area contributed by atoms with E-state index in [4.69, 9.17) is 27.9 Å². The van der Waals surface area contributed by atoms with Crippen molar-refractivity contribution < 1.29 is 4.74 Å². The molecule has 1 aliphatic heterocycles. The Morgan fingerprint density at radius 3 is 2.52 bits per heavy atom. The molecular formula is C17H19Cl2N3O. The Bertz CT molecular complexity index is 657. The summed E-state index contributed by atoms with van der Waals surface area (Å²) in [4.78, 5) is 8.76. The molecular weight excluding hydrogens is 333 g/mol. The number of nitrogens with zero attached hydrogens (tertiary/aromatic N) is 3. The topological polar surface area (TPSA) is 28.6 Å². The van der Waals surface area contributed by atoms with Crippen LogP contribution in [0.2, 0.25) is 10.0 Å². The van der Waals surface area contributed by atoms with Crippen molar-refractivity contribution in [3.8, 4) is 0 Å². The molecule has 2 heterocycles. The number of benzene rings is 1.